The average molecular weight is 634 g/mol. The van der Waals surface area contributed by atoms with Gasteiger partial charge in [0.2, 0.25) is 0 Å². The normalized spacial score (nSPS) is 15.0. The molecule has 0 aliphatic heterocycles. The zero-order chi connectivity index (χ0) is 32.4. The lowest BCUT2D eigenvalue weighted by molar-refractivity contribution is 0.660. The van der Waals surface area contributed by atoms with Crippen LogP contribution in [0.5, 0.6) is 0 Å². The molecule has 2 aliphatic rings. The predicted octanol–water partition coefficient (Wildman–Crippen LogP) is 13.3. The summed E-state index contributed by atoms with van der Waals surface area (Å²) in [6.07, 6.45) is 0. The Labute approximate surface area is 285 Å². The van der Waals surface area contributed by atoms with E-state index in [1.165, 1.54) is 92.5 Å². The number of nitrogens with zero attached hydrogens (tertiary/aromatic N) is 1. The Hall–Kier alpha value is -5.18. The monoisotopic (exact) mass is 633 g/mol. The van der Waals surface area contributed by atoms with E-state index in [0.29, 0.717) is 0 Å². The molecule has 0 unspecified atom stereocenters. The second-order valence-corrected chi connectivity index (χ2v) is 15.6. The van der Waals surface area contributed by atoms with E-state index < -0.39 is 0 Å². The van der Waals surface area contributed by atoms with Crippen LogP contribution in [0.2, 0.25) is 0 Å². The summed E-state index contributed by atoms with van der Waals surface area (Å²) < 4.78 is 2.63. The molecule has 0 bridgehead atoms. The van der Waals surface area contributed by atoms with Gasteiger partial charge in [-0.25, -0.2) is 0 Å². The standard InChI is InChI=1S/C46H35NS/c1-45(2)33-20-10-7-17-30(33)41-35(45)22-13-24-37(41)47(38-25-14-23-36-42(38)31-18-8-11-21-34(31)46(36,3)4)44-29-16-6-5-15-28(29)27-40-43(44)32-19-9-12-26-39(32)48-40/h5-27H,1-4H3. The van der Waals surface area contributed by atoms with Gasteiger partial charge in [0.1, 0.15) is 0 Å². The lowest BCUT2D eigenvalue weighted by Crippen LogP contribution is -2.17. The van der Waals surface area contributed by atoms with Crippen LogP contribution >= 0.6 is 11.3 Å². The second kappa shape index (κ2) is 9.69. The number of benzene rings is 7. The smallest absolute Gasteiger partial charge is 0.0633 e. The van der Waals surface area contributed by atoms with Crippen molar-refractivity contribution in [3.05, 3.63) is 162 Å². The van der Waals surface area contributed by atoms with Crippen LogP contribution in [0, 0.1) is 0 Å². The van der Waals surface area contributed by atoms with E-state index in [-0.39, 0.29) is 10.8 Å². The van der Waals surface area contributed by atoms with Crippen molar-refractivity contribution in [1.29, 1.82) is 0 Å². The maximum atomic E-state index is 2.65. The summed E-state index contributed by atoms with van der Waals surface area (Å²) in [6.45, 7) is 9.53. The second-order valence-electron chi connectivity index (χ2n) is 14.5. The molecule has 48 heavy (non-hydrogen) atoms. The first-order valence-corrected chi connectivity index (χ1v) is 17.8. The van der Waals surface area contributed by atoms with Gasteiger partial charge in [0.25, 0.3) is 0 Å². The molecule has 0 saturated heterocycles. The summed E-state index contributed by atoms with van der Waals surface area (Å²) in [6, 6.07) is 52.4. The minimum atomic E-state index is -0.107. The first kappa shape index (κ1) is 27.9. The molecule has 0 amide bonds. The van der Waals surface area contributed by atoms with Crippen molar-refractivity contribution < 1.29 is 0 Å². The SMILES string of the molecule is CC1(C)c2ccccc2-c2c(N(c3cccc4c3-c3ccccc3C4(C)C)c3c4ccccc4cc4sc5ccccc5c34)cccc21. The topological polar surface area (TPSA) is 3.24 Å². The fraction of sp³-hybridized carbons (Fsp3) is 0.130. The Morgan fingerprint density at radius 3 is 1.58 bits per heavy atom. The number of fused-ring (bicyclic) bond motifs is 10. The van der Waals surface area contributed by atoms with E-state index >= 15 is 0 Å². The van der Waals surface area contributed by atoms with Gasteiger partial charge in [-0.1, -0.05) is 143 Å². The lowest BCUT2D eigenvalue weighted by atomic mass is 9.82. The Morgan fingerprint density at radius 2 is 0.958 bits per heavy atom. The van der Waals surface area contributed by atoms with Gasteiger partial charge in [-0.15, -0.1) is 11.3 Å². The van der Waals surface area contributed by atoms with Gasteiger partial charge in [0, 0.05) is 47.5 Å². The van der Waals surface area contributed by atoms with Crippen molar-refractivity contribution >= 4 is 59.3 Å². The van der Waals surface area contributed by atoms with Crippen LogP contribution in [0.15, 0.2) is 140 Å². The van der Waals surface area contributed by atoms with Gasteiger partial charge in [-0.3, -0.25) is 0 Å². The fourth-order valence-corrected chi connectivity index (χ4v) is 10.1. The van der Waals surface area contributed by atoms with Crippen LogP contribution in [0.3, 0.4) is 0 Å². The minimum absolute atomic E-state index is 0.107. The van der Waals surface area contributed by atoms with Gasteiger partial charge in [-0.2, -0.15) is 0 Å². The highest BCUT2D eigenvalue weighted by Gasteiger charge is 2.41. The van der Waals surface area contributed by atoms with Gasteiger partial charge in [0.05, 0.1) is 17.1 Å². The number of hydrogen-bond donors (Lipinski definition) is 0. The van der Waals surface area contributed by atoms with Crippen LogP contribution in [0.25, 0.3) is 53.2 Å². The third-order valence-electron chi connectivity index (χ3n) is 11.2. The van der Waals surface area contributed by atoms with E-state index in [1.54, 1.807) is 0 Å². The molecular weight excluding hydrogens is 599 g/mol. The van der Waals surface area contributed by atoms with Crippen LogP contribution in [0.4, 0.5) is 17.1 Å². The van der Waals surface area contributed by atoms with E-state index in [0.717, 1.165) is 0 Å². The lowest BCUT2D eigenvalue weighted by Gasteiger charge is -2.32. The first-order chi connectivity index (χ1) is 23.4. The summed E-state index contributed by atoms with van der Waals surface area (Å²) in [5.41, 5.74) is 14.4. The van der Waals surface area contributed by atoms with Crippen molar-refractivity contribution in [2.75, 3.05) is 4.90 Å². The maximum absolute atomic E-state index is 2.65. The molecule has 2 heteroatoms. The summed E-state index contributed by atoms with van der Waals surface area (Å²) in [5.74, 6) is 0. The van der Waals surface area contributed by atoms with Gasteiger partial charge >= 0.3 is 0 Å². The predicted molar refractivity (Wildman–Crippen MR) is 207 cm³/mol. The van der Waals surface area contributed by atoms with Crippen molar-refractivity contribution in [3.63, 3.8) is 0 Å². The molecule has 10 rings (SSSR count). The Bertz CT molecular complexity index is 2530. The molecule has 0 atom stereocenters. The average Bonchev–Trinajstić information content (AvgIpc) is 3.68. The number of rotatable bonds is 3. The Balaban J connectivity index is 1.42. The minimum Gasteiger partial charge on any atom is -0.308 e. The third-order valence-corrected chi connectivity index (χ3v) is 12.4. The summed E-state index contributed by atoms with van der Waals surface area (Å²) >= 11 is 1.90. The molecule has 0 saturated carbocycles. The van der Waals surface area contributed by atoms with Crippen LogP contribution in [0.1, 0.15) is 49.9 Å². The molecule has 0 N–H and O–H groups in total. The number of thiophene rings is 1. The summed E-state index contributed by atoms with van der Waals surface area (Å²) in [7, 11) is 0. The van der Waals surface area contributed by atoms with E-state index in [9.17, 15) is 0 Å². The van der Waals surface area contributed by atoms with E-state index in [4.69, 9.17) is 0 Å². The maximum Gasteiger partial charge on any atom is 0.0633 e. The molecule has 8 aromatic rings. The molecule has 1 aromatic heterocycles. The molecule has 1 heterocycles. The quantitative estimate of drug-likeness (QED) is 0.187. The van der Waals surface area contributed by atoms with Crippen molar-refractivity contribution in [2.45, 2.75) is 38.5 Å². The highest BCUT2D eigenvalue weighted by atomic mass is 32.1. The molecule has 1 nitrogen and oxygen atoms in total. The fourth-order valence-electron chi connectivity index (χ4n) is 8.97. The van der Waals surface area contributed by atoms with Crippen LogP contribution in [-0.4, -0.2) is 0 Å². The summed E-state index contributed by atoms with van der Waals surface area (Å²) in [5, 5.41) is 5.16. The zero-order valence-corrected chi connectivity index (χ0v) is 28.5. The molecule has 0 fully saturated rings. The highest BCUT2D eigenvalue weighted by molar-refractivity contribution is 7.26. The van der Waals surface area contributed by atoms with Gasteiger partial charge in [-0.05, 0) is 63.0 Å². The molecule has 7 aromatic carbocycles. The molecule has 230 valence electrons. The van der Waals surface area contributed by atoms with E-state index in [1.807, 2.05) is 11.3 Å². The first-order valence-electron chi connectivity index (χ1n) is 17.0. The zero-order valence-electron chi connectivity index (χ0n) is 27.6. The largest absolute Gasteiger partial charge is 0.308 e. The molecule has 2 aliphatic carbocycles. The third kappa shape index (κ3) is 3.56. The molecule has 0 spiro atoms. The van der Waals surface area contributed by atoms with Crippen molar-refractivity contribution in [3.8, 4) is 22.3 Å². The Kier molecular flexibility index (Phi) is 5.63. The van der Waals surface area contributed by atoms with Crippen molar-refractivity contribution in [1.82, 2.24) is 0 Å². The van der Waals surface area contributed by atoms with Crippen LogP contribution < -0.4 is 4.90 Å². The number of hydrogen-bond acceptors (Lipinski definition) is 2. The highest BCUT2D eigenvalue weighted by Crippen LogP contribution is 2.59. The van der Waals surface area contributed by atoms with Crippen molar-refractivity contribution in [2.24, 2.45) is 0 Å². The summed E-state index contributed by atoms with van der Waals surface area (Å²) in [4.78, 5) is 2.65. The van der Waals surface area contributed by atoms with E-state index in [2.05, 4.69) is 172 Å². The molecule has 0 radical (unpaired) electrons. The van der Waals surface area contributed by atoms with Crippen LogP contribution in [-0.2, 0) is 10.8 Å². The Morgan fingerprint density at radius 1 is 0.458 bits per heavy atom. The van der Waals surface area contributed by atoms with Gasteiger partial charge in [0.15, 0.2) is 0 Å². The number of anilines is 3. The molecular formula is C46H35NS. The van der Waals surface area contributed by atoms with Gasteiger partial charge < -0.3 is 4.90 Å².